The fourth-order valence-electron chi connectivity index (χ4n) is 4.49. The largest absolute Gasteiger partial charge is 0.373 e. The Labute approximate surface area is 223 Å². The van der Waals surface area contributed by atoms with Crippen LogP contribution in [-0.4, -0.2) is 53.4 Å². The summed E-state index contributed by atoms with van der Waals surface area (Å²) in [6, 6.07) is 11.2. The number of para-hydroxylation sites is 1. The Morgan fingerprint density at radius 2 is 1.90 bits per heavy atom. The van der Waals surface area contributed by atoms with E-state index < -0.39 is 33.3 Å². The summed E-state index contributed by atoms with van der Waals surface area (Å²) in [5.74, 6) is 4.36. The van der Waals surface area contributed by atoms with E-state index in [1.807, 2.05) is 6.07 Å². The Kier molecular flexibility index (Phi) is 6.86. The number of halogens is 2. The van der Waals surface area contributed by atoms with Crippen LogP contribution in [0.1, 0.15) is 23.0 Å². The third-order valence-corrected chi connectivity index (χ3v) is 6.76. The predicted molar refractivity (Wildman–Crippen MR) is 142 cm³/mol. The normalized spacial score (nSPS) is 15.3. The number of nitrogens with zero attached hydrogens (tertiary/aromatic N) is 3. The molecule has 0 saturated carbocycles. The number of benzene rings is 2. The van der Waals surface area contributed by atoms with Crippen LogP contribution in [0.25, 0.3) is 22.0 Å². The summed E-state index contributed by atoms with van der Waals surface area (Å²) in [7, 11) is -1.90. The number of pyridine rings is 1. The molecule has 1 unspecified atom stereocenters. The number of rotatable bonds is 6. The first-order valence-corrected chi connectivity index (χ1v) is 13.8. The van der Waals surface area contributed by atoms with Crippen molar-refractivity contribution in [2.75, 3.05) is 24.2 Å². The Bertz CT molecular complexity index is 1740. The lowest BCUT2D eigenvalue weighted by atomic mass is 9.94. The number of anilines is 1. The molecule has 4 aromatic rings. The molecule has 1 fully saturated rings. The fraction of sp³-hybridized carbons (Fsp3) is 0.259. The van der Waals surface area contributed by atoms with Gasteiger partial charge >= 0.3 is 0 Å². The molecule has 2 aromatic carbocycles. The first kappa shape index (κ1) is 26.7. The van der Waals surface area contributed by atoms with Gasteiger partial charge in [0.15, 0.2) is 11.4 Å². The van der Waals surface area contributed by atoms with Crippen molar-refractivity contribution in [1.29, 1.82) is 0 Å². The minimum atomic E-state index is -3.58. The molecule has 202 valence electrons. The van der Waals surface area contributed by atoms with Gasteiger partial charge in [-0.15, -0.1) is 0 Å². The van der Waals surface area contributed by atoms with Gasteiger partial charge < -0.3 is 15.6 Å². The van der Waals surface area contributed by atoms with Crippen molar-refractivity contribution in [3.8, 4) is 23.0 Å². The Morgan fingerprint density at radius 1 is 1.18 bits per heavy atom. The van der Waals surface area contributed by atoms with E-state index in [0.717, 1.165) is 12.3 Å². The molecule has 0 bridgehead atoms. The number of hydrogen-bond acceptors (Lipinski definition) is 7. The highest BCUT2D eigenvalue weighted by Gasteiger charge is 2.34. The molecule has 3 heterocycles. The van der Waals surface area contributed by atoms with Gasteiger partial charge in [-0.2, -0.15) is 5.10 Å². The van der Waals surface area contributed by atoms with E-state index in [1.165, 1.54) is 12.1 Å². The maximum atomic E-state index is 13.9. The first-order chi connectivity index (χ1) is 18.4. The summed E-state index contributed by atoms with van der Waals surface area (Å²) in [6.45, 7) is 0.198. The van der Waals surface area contributed by atoms with Gasteiger partial charge in [0, 0.05) is 29.6 Å². The topological polar surface area (TPSA) is 132 Å². The quantitative estimate of drug-likeness (QED) is 0.313. The van der Waals surface area contributed by atoms with Crippen LogP contribution in [0.4, 0.5) is 14.6 Å². The molecule has 5 rings (SSSR count). The molecule has 1 aliphatic heterocycles. The van der Waals surface area contributed by atoms with Crippen molar-refractivity contribution >= 4 is 26.7 Å². The third kappa shape index (κ3) is 5.76. The SMILES string of the molecule is Cn1nc(NS(C)(=O)=O)c2cccc(-c3ccc(C#CC4(O)COC4)nc3C(N)Cc3cc(F)cc(F)c3)c21. The number of nitrogens with two attached hydrogens (primary N) is 1. The Hall–Kier alpha value is -3.89. The molecule has 0 spiro atoms. The lowest BCUT2D eigenvalue weighted by Gasteiger charge is -2.30. The number of sulfonamides is 1. The molecular weight excluding hydrogens is 528 g/mol. The van der Waals surface area contributed by atoms with Gasteiger partial charge in [-0.3, -0.25) is 9.40 Å². The standard InChI is InChI=1S/C27H25F2N5O4S/c1-34-25-21(4-3-5-22(25)26(32-34)33-39(2,36)37)20-7-6-19(8-9-27(35)14-38-15-27)31-24(20)23(30)12-16-10-17(28)13-18(29)11-16/h3-7,10-11,13,23,35H,12,14-15,30H2,1-2H3,(H,32,33). The lowest BCUT2D eigenvalue weighted by molar-refractivity contribution is -0.140. The zero-order valence-corrected chi connectivity index (χ0v) is 21.9. The molecule has 0 aliphatic carbocycles. The van der Waals surface area contributed by atoms with E-state index in [4.69, 9.17) is 10.5 Å². The van der Waals surface area contributed by atoms with Crippen molar-refractivity contribution in [1.82, 2.24) is 14.8 Å². The number of aromatic nitrogens is 3. The molecule has 1 atom stereocenters. The predicted octanol–water partition coefficient (Wildman–Crippen LogP) is 2.64. The second kappa shape index (κ2) is 10.0. The highest BCUT2D eigenvalue weighted by atomic mass is 32.2. The highest BCUT2D eigenvalue weighted by Crippen LogP contribution is 2.36. The van der Waals surface area contributed by atoms with Crippen molar-refractivity contribution < 1.29 is 27.0 Å². The molecule has 39 heavy (non-hydrogen) atoms. The van der Waals surface area contributed by atoms with Gasteiger partial charge in [-0.25, -0.2) is 22.2 Å². The second-order valence-corrected chi connectivity index (χ2v) is 11.3. The monoisotopic (exact) mass is 553 g/mol. The molecule has 12 heteroatoms. The van der Waals surface area contributed by atoms with Crippen LogP contribution in [0.3, 0.4) is 0 Å². The van der Waals surface area contributed by atoms with Gasteiger partial charge in [-0.1, -0.05) is 18.1 Å². The molecule has 1 saturated heterocycles. The number of aliphatic hydroxyl groups is 1. The van der Waals surface area contributed by atoms with Crippen molar-refractivity contribution in [2.45, 2.75) is 18.1 Å². The number of fused-ring (bicyclic) bond motifs is 1. The minimum Gasteiger partial charge on any atom is -0.373 e. The maximum Gasteiger partial charge on any atom is 0.231 e. The van der Waals surface area contributed by atoms with Crippen LogP contribution in [0.15, 0.2) is 48.5 Å². The summed E-state index contributed by atoms with van der Waals surface area (Å²) in [5, 5.41) is 15.2. The van der Waals surface area contributed by atoms with E-state index in [1.54, 1.807) is 36.0 Å². The third-order valence-electron chi connectivity index (χ3n) is 6.20. The number of hydrogen-bond donors (Lipinski definition) is 3. The minimum absolute atomic E-state index is 0.0750. The maximum absolute atomic E-state index is 13.9. The molecular formula is C27H25F2N5O4S. The zero-order valence-electron chi connectivity index (χ0n) is 21.1. The van der Waals surface area contributed by atoms with Gasteiger partial charge in [0.2, 0.25) is 10.0 Å². The summed E-state index contributed by atoms with van der Waals surface area (Å²) in [6.07, 6.45) is 1.12. The summed E-state index contributed by atoms with van der Waals surface area (Å²) >= 11 is 0. The van der Waals surface area contributed by atoms with E-state index in [0.29, 0.717) is 39.0 Å². The van der Waals surface area contributed by atoms with Gasteiger partial charge in [0.1, 0.15) is 17.3 Å². The fourth-order valence-corrected chi connectivity index (χ4v) is 4.99. The van der Waals surface area contributed by atoms with Crippen LogP contribution in [-0.2, 0) is 28.2 Å². The first-order valence-electron chi connectivity index (χ1n) is 11.9. The number of aryl methyl sites for hydroxylation is 1. The average molecular weight is 554 g/mol. The van der Waals surface area contributed by atoms with Crippen molar-refractivity contribution in [3.05, 3.63) is 77.1 Å². The summed E-state index contributed by atoms with van der Waals surface area (Å²) < 4.78 is 60.5. The van der Waals surface area contributed by atoms with E-state index in [2.05, 4.69) is 26.6 Å². The van der Waals surface area contributed by atoms with E-state index >= 15 is 0 Å². The van der Waals surface area contributed by atoms with Crippen LogP contribution >= 0.6 is 0 Å². The van der Waals surface area contributed by atoms with Crippen LogP contribution < -0.4 is 10.5 Å². The second-order valence-electron chi connectivity index (χ2n) is 9.54. The van der Waals surface area contributed by atoms with Crippen LogP contribution in [0, 0.1) is 23.5 Å². The smallest absolute Gasteiger partial charge is 0.231 e. The average Bonchev–Trinajstić information content (AvgIpc) is 3.14. The molecule has 9 nitrogen and oxygen atoms in total. The molecule has 0 amide bonds. The van der Waals surface area contributed by atoms with Crippen LogP contribution in [0.5, 0.6) is 0 Å². The number of ether oxygens (including phenoxy) is 1. The molecule has 2 aromatic heterocycles. The van der Waals surface area contributed by atoms with Gasteiger partial charge in [0.05, 0.1) is 36.7 Å². The molecule has 0 radical (unpaired) electrons. The number of nitrogens with one attached hydrogen (secondary N) is 1. The summed E-state index contributed by atoms with van der Waals surface area (Å²) in [4.78, 5) is 4.67. The molecule has 4 N–H and O–H groups in total. The van der Waals surface area contributed by atoms with Crippen molar-refractivity contribution in [3.63, 3.8) is 0 Å². The molecule has 1 aliphatic rings. The van der Waals surface area contributed by atoms with E-state index in [-0.39, 0.29) is 25.5 Å². The van der Waals surface area contributed by atoms with Gasteiger partial charge in [0.25, 0.3) is 0 Å². The van der Waals surface area contributed by atoms with E-state index in [9.17, 15) is 22.3 Å². The van der Waals surface area contributed by atoms with Crippen LogP contribution in [0.2, 0.25) is 0 Å². The van der Waals surface area contributed by atoms with Gasteiger partial charge in [-0.05, 0) is 48.2 Å². The zero-order chi connectivity index (χ0) is 27.9. The van der Waals surface area contributed by atoms with Crippen molar-refractivity contribution in [2.24, 2.45) is 12.8 Å². The lowest BCUT2D eigenvalue weighted by Crippen LogP contribution is -2.48. The highest BCUT2D eigenvalue weighted by molar-refractivity contribution is 7.92. The Morgan fingerprint density at radius 3 is 2.54 bits per heavy atom. The summed E-state index contributed by atoms with van der Waals surface area (Å²) in [5.41, 5.74) is 8.32. The Balaban J connectivity index is 1.64.